The van der Waals surface area contributed by atoms with Crippen molar-refractivity contribution in [3.8, 4) is 0 Å². The standard InChI is InChI=1S/C19H24N4O3/c1-3-5-8-11-20-17(24)14-12-21-19(22-13-14)23-16-10-7-6-9-15(16)18(25)26-4-2/h6-7,9-10,12-13H,3-5,8,11H2,1-2H3,(H,20,24)(H,21,22,23). The second-order valence-corrected chi connectivity index (χ2v) is 5.65. The monoisotopic (exact) mass is 356 g/mol. The predicted octanol–water partition coefficient (Wildman–Crippen LogP) is 3.32. The van der Waals surface area contributed by atoms with Crippen LogP contribution in [0.4, 0.5) is 11.6 Å². The maximum atomic E-state index is 12.0. The number of ether oxygens (including phenoxy) is 1. The molecule has 1 heterocycles. The molecule has 0 saturated carbocycles. The molecule has 0 unspecified atom stereocenters. The number of carbonyl (C=O) groups excluding carboxylic acids is 2. The number of nitrogens with one attached hydrogen (secondary N) is 2. The highest BCUT2D eigenvalue weighted by Crippen LogP contribution is 2.19. The molecule has 26 heavy (non-hydrogen) atoms. The van der Waals surface area contributed by atoms with Crippen LogP contribution in [0, 0.1) is 0 Å². The van der Waals surface area contributed by atoms with Gasteiger partial charge in [-0.25, -0.2) is 14.8 Å². The van der Waals surface area contributed by atoms with Crippen molar-refractivity contribution in [2.45, 2.75) is 33.1 Å². The van der Waals surface area contributed by atoms with Crippen molar-refractivity contribution in [3.63, 3.8) is 0 Å². The first-order chi connectivity index (χ1) is 12.7. The van der Waals surface area contributed by atoms with Gasteiger partial charge in [-0.3, -0.25) is 4.79 Å². The summed E-state index contributed by atoms with van der Waals surface area (Å²) in [6, 6.07) is 6.95. The fourth-order valence-corrected chi connectivity index (χ4v) is 2.29. The third kappa shape index (κ3) is 5.54. The van der Waals surface area contributed by atoms with Crippen LogP contribution < -0.4 is 10.6 Å². The summed E-state index contributed by atoms with van der Waals surface area (Å²) < 4.78 is 5.04. The Labute approximate surface area is 153 Å². The number of aromatic nitrogens is 2. The Hall–Kier alpha value is -2.96. The fourth-order valence-electron chi connectivity index (χ4n) is 2.29. The highest BCUT2D eigenvalue weighted by Gasteiger charge is 2.13. The molecule has 1 aromatic carbocycles. The van der Waals surface area contributed by atoms with E-state index in [2.05, 4.69) is 27.5 Å². The van der Waals surface area contributed by atoms with E-state index in [4.69, 9.17) is 4.74 Å². The molecule has 7 nitrogen and oxygen atoms in total. The summed E-state index contributed by atoms with van der Waals surface area (Å²) in [4.78, 5) is 32.3. The van der Waals surface area contributed by atoms with Gasteiger partial charge in [0.15, 0.2) is 0 Å². The highest BCUT2D eigenvalue weighted by atomic mass is 16.5. The molecule has 0 radical (unpaired) electrons. The maximum Gasteiger partial charge on any atom is 0.340 e. The van der Waals surface area contributed by atoms with E-state index >= 15 is 0 Å². The quantitative estimate of drug-likeness (QED) is 0.529. The van der Waals surface area contributed by atoms with E-state index in [1.165, 1.54) is 12.4 Å². The number of benzene rings is 1. The third-order valence-electron chi connectivity index (χ3n) is 3.65. The Morgan fingerprint density at radius 3 is 2.50 bits per heavy atom. The van der Waals surface area contributed by atoms with Crippen LogP contribution in [0.2, 0.25) is 0 Å². The minimum absolute atomic E-state index is 0.195. The number of nitrogens with zero attached hydrogens (tertiary/aromatic N) is 2. The predicted molar refractivity (Wildman–Crippen MR) is 99.6 cm³/mol. The van der Waals surface area contributed by atoms with Crippen LogP contribution >= 0.6 is 0 Å². The lowest BCUT2D eigenvalue weighted by Gasteiger charge is -2.10. The van der Waals surface area contributed by atoms with Crippen LogP contribution in [-0.4, -0.2) is 35.0 Å². The molecule has 0 bridgehead atoms. The smallest absolute Gasteiger partial charge is 0.340 e. The molecule has 0 aliphatic heterocycles. The van der Waals surface area contributed by atoms with E-state index in [9.17, 15) is 9.59 Å². The van der Waals surface area contributed by atoms with E-state index < -0.39 is 5.97 Å². The Balaban J connectivity index is 2.01. The molecule has 1 amide bonds. The number of hydrogen-bond acceptors (Lipinski definition) is 6. The molecule has 0 fully saturated rings. The van der Waals surface area contributed by atoms with Crippen LogP contribution in [-0.2, 0) is 4.74 Å². The van der Waals surface area contributed by atoms with Crippen molar-refractivity contribution in [1.82, 2.24) is 15.3 Å². The van der Waals surface area contributed by atoms with Gasteiger partial charge in [-0.05, 0) is 25.5 Å². The lowest BCUT2D eigenvalue weighted by atomic mass is 10.2. The molecule has 138 valence electrons. The first-order valence-corrected chi connectivity index (χ1v) is 8.79. The van der Waals surface area contributed by atoms with E-state index in [0.717, 1.165) is 19.3 Å². The molecule has 0 aliphatic carbocycles. The normalized spacial score (nSPS) is 10.2. The van der Waals surface area contributed by atoms with Crippen LogP contribution in [0.15, 0.2) is 36.7 Å². The van der Waals surface area contributed by atoms with Gasteiger partial charge in [-0.1, -0.05) is 31.9 Å². The second kappa shape index (κ2) is 10.1. The molecule has 2 rings (SSSR count). The highest BCUT2D eigenvalue weighted by molar-refractivity contribution is 5.96. The molecule has 1 aromatic heterocycles. The average molecular weight is 356 g/mol. The van der Waals surface area contributed by atoms with Crippen molar-refractivity contribution in [1.29, 1.82) is 0 Å². The van der Waals surface area contributed by atoms with Gasteiger partial charge in [0.25, 0.3) is 5.91 Å². The molecule has 0 atom stereocenters. The fraction of sp³-hybridized carbons (Fsp3) is 0.368. The number of anilines is 2. The van der Waals surface area contributed by atoms with Gasteiger partial charge in [0.05, 0.1) is 23.4 Å². The summed E-state index contributed by atoms with van der Waals surface area (Å²) in [7, 11) is 0. The van der Waals surface area contributed by atoms with Crippen molar-refractivity contribution in [3.05, 3.63) is 47.8 Å². The molecule has 2 aromatic rings. The van der Waals surface area contributed by atoms with E-state index in [-0.39, 0.29) is 5.91 Å². The molecule has 2 N–H and O–H groups in total. The lowest BCUT2D eigenvalue weighted by molar-refractivity contribution is 0.0527. The van der Waals surface area contributed by atoms with Gasteiger partial charge in [-0.2, -0.15) is 0 Å². The topological polar surface area (TPSA) is 93.2 Å². The van der Waals surface area contributed by atoms with Gasteiger partial charge < -0.3 is 15.4 Å². The van der Waals surface area contributed by atoms with Gasteiger partial charge in [0.2, 0.25) is 5.95 Å². The second-order valence-electron chi connectivity index (χ2n) is 5.65. The number of amides is 1. The summed E-state index contributed by atoms with van der Waals surface area (Å²) in [6.45, 7) is 4.80. The maximum absolute atomic E-state index is 12.0. The number of rotatable bonds is 9. The summed E-state index contributed by atoms with van der Waals surface area (Å²) in [5.74, 6) is -0.317. The number of hydrogen-bond donors (Lipinski definition) is 2. The SMILES string of the molecule is CCCCCNC(=O)c1cnc(Nc2ccccc2C(=O)OCC)nc1. The Bertz CT molecular complexity index is 732. The summed E-state index contributed by atoms with van der Waals surface area (Å²) >= 11 is 0. The minimum Gasteiger partial charge on any atom is -0.462 e. The number of para-hydroxylation sites is 1. The van der Waals surface area contributed by atoms with Crippen LogP contribution in [0.5, 0.6) is 0 Å². The largest absolute Gasteiger partial charge is 0.462 e. The molecular formula is C19H24N4O3. The third-order valence-corrected chi connectivity index (χ3v) is 3.65. The molecule has 0 saturated heterocycles. The Morgan fingerprint density at radius 1 is 1.08 bits per heavy atom. The van der Waals surface area contributed by atoms with Crippen LogP contribution in [0.1, 0.15) is 53.8 Å². The van der Waals surface area contributed by atoms with Crippen LogP contribution in [0.3, 0.4) is 0 Å². The lowest BCUT2D eigenvalue weighted by Crippen LogP contribution is -2.24. The Kier molecular flexibility index (Phi) is 7.54. The summed E-state index contributed by atoms with van der Waals surface area (Å²) in [5, 5.41) is 5.82. The van der Waals surface area contributed by atoms with Crippen molar-refractivity contribution < 1.29 is 14.3 Å². The van der Waals surface area contributed by atoms with Crippen LogP contribution in [0.25, 0.3) is 0 Å². The number of esters is 1. The zero-order valence-electron chi connectivity index (χ0n) is 15.1. The van der Waals surface area contributed by atoms with Crippen molar-refractivity contribution >= 4 is 23.5 Å². The van der Waals surface area contributed by atoms with Gasteiger partial charge >= 0.3 is 5.97 Å². The Morgan fingerprint density at radius 2 is 1.81 bits per heavy atom. The summed E-state index contributed by atoms with van der Waals surface area (Å²) in [5.41, 5.74) is 1.34. The van der Waals surface area contributed by atoms with E-state index in [0.29, 0.717) is 35.9 Å². The van der Waals surface area contributed by atoms with Gasteiger partial charge in [-0.15, -0.1) is 0 Å². The zero-order chi connectivity index (χ0) is 18.8. The molecule has 7 heteroatoms. The first-order valence-electron chi connectivity index (χ1n) is 8.79. The molecular weight excluding hydrogens is 332 g/mol. The van der Waals surface area contributed by atoms with E-state index in [1.807, 2.05) is 0 Å². The molecule has 0 spiro atoms. The number of carbonyl (C=O) groups is 2. The first kappa shape index (κ1) is 19.4. The summed E-state index contributed by atoms with van der Waals surface area (Å²) in [6.07, 6.45) is 6.05. The van der Waals surface area contributed by atoms with Crippen molar-refractivity contribution in [2.75, 3.05) is 18.5 Å². The van der Waals surface area contributed by atoms with Crippen molar-refractivity contribution in [2.24, 2.45) is 0 Å². The van der Waals surface area contributed by atoms with E-state index in [1.54, 1.807) is 31.2 Å². The minimum atomic E-state index is -0.418. The number of unbranched alkanes of at least 4 members (excludes halogenated alkanes) is 2. The molecule has 0 aliphatic rings. The van der Waals surface area contributed by atoms with Gasteiger partial charge in [0.1, 0.15) is 0 Å². The zero-order valence-corrected chi connectivity index (χ0v) is 15.1. The van der Waals surface area contributed by atoms with Gasteiger partial charge in [0, 0.05) is 18.9 Å². The average Bonchev–Trinajstić information content (AvgIpc) is 2.66.